The van der Waals surface area contributed by atoms with Gasteiger partial charge in [-0.2, -0.15) is 14.6 Å². The smallest absolute Gasteiger partial charge is 0.295 e. The van der Waals surface area contributed by atoms with E-state index in [2.05, 4.69) is 15.4 Å². The van der Waals surface area contributed by atoms with Gasteiger partial charge in [0.25, 0.3) is 17.0 Å². The molecule has 2 aromatic carbocycles. The van der Waals surface area contributed by atoms with Gasteiger partial charge in [0.2, 0.25) is 10.9 Å². The van der Waals surface area contributed by atoms with E-state index in [1.165, 1.54) is 11.8 Å². The van der Waals surface area contributed by atoms with Crippen molar-refractivity contribution in [1.82, 2.24) is 14.6 Å². The maximum absolute atomic E-state index is 13.5. The van der Waals surface area contributed by atoms with Gasteiger partial charge in [0, 0.05) is 11.3 Å². The van der Waals surface area contributed by atoms with E-state index in [0.29, 0.717) is 29.3 Å². The van der Waals surface area contributed by atoms with Crippen molar-refractivity contribution in [2.24, 2.45) is 0 Å². The van der Waals surface area contributed by atoms with E-state index < -0.39 is 22.9 Å². The lowest BCUT2D eigenvalue weighted by molar-refractivity contribution is -0.118. The Kier molecular flexibility index (Phi) is 5.61. The molecule has 0 saturated carbocycles. The molecule has 3 heterocycles. The summed E-state index contributed by atoms with van der Waals surface area (Å²) >= 11 is 0.920. The number of para-hydroxylation sites is 1. The van der Waals surface area contributed by atoms with E-state index in [4.69, 9.17) is 4.74 Å². The Morgan fingerprint density at radius 3 is 2.57 bits per heavy atom. The second-order valence-corrected chi connectivity index (χ2v) is 8.70. The molecule has 0 aliphatic carbocycles. The first-order chi connectivity index (χ1) is 16.9. The molecule has 0 radical (unpaired) electrons. The molecule has 2 amide bonds. The molecule has 0 bridgehead atoms. The number of carbonyl (C=O) groups excluding carboxylic acids is 2. The minimum atomic E-state index is -0.542. The number of nitrogens with one attached hydrogen (secondary N) is 1. The minimum Gasteiger partial charge on any atom is -0.494 e. The maximum Gasteiger partial charge on any atom is 0.295 e. The summed E-state index contributed by atoms with van der Waals surface area (Å²) in [7, 11) is 0. The summed E-state index contributed by atoms with van der Waals surface area (Å²) in [5.41, 5.74) is 0.758. The van der Waals surface area contributed by atoms with Gasteiger partial charge in [0.05, 0.1) is 17.9 Å². The first kappa shape index (κ1) is 22.4. The van der Waals surface area contributed by atoms with Crippen LogP contribution in [0.15, 0.2) is 58.1 Å². The Hall–Kier alpha value is -4.38. The molecule has 35 heavy (non-hydrogen) atoms. The highest BCUT2D eigenvalue weighted by Crippen LogP contribution is 2.35. The summed E-state index contributed by atoms with van der Waals surface area (Å²) < 4.78 is 6.55. The number of hydrogen-bond donors (Lipinski definition) is 1. The van der Waals surface area contributed by atoms with Crippen molar-refractivity contribution in [2.45, 2.75) is 13.8 Å². The zero-order valence-electron chi connectivity index (χ0n) is 18.8. The van der Waals surface area contributed by atoms with Gasteiger partial charge in [-0.1, -0.05) is 29.5 Å². The van der Waals surface area contributed by atoms with Crippen molar-refractivity contribution in [3.05, 3.63) is 85.0 Å². The number of aryl methyl sites for hydroxylation is 1. The van der Waals surface area contributed by atoms with Crippen molar-refractivity contribution < 1.29 is 14.3 Å². The molecule has 11 heteroatoms. The van der Waals surface area contributed by atoms with Crippen molar-refractivity contribution in [1.29, 1.82) is 0 Å². The fourth-order valence-electron chi connectivity index (χ4n) is 3.84. The van der Waals surface area contributed by atoms with Crippen LogP contribution >= 0.6 is 11.3 Å². The number of benzene rings is 2. The third-order valence-corrected chi connectivity index (χ3v) is 6.45. The van der Waals surface area contributed by atoms with Gasteiger partial charge in [-0.25, -0.2) is 0 Å². The highest BCUT2D eigenvalue weighted by Gasteiger charge is 2.35. The maximum atomic E-state index is 13.5. The van der Waals surface area contributed by atoms with Gasteiger partial charge >= 0.3 is 0 Å². The van der Waals surface area contributed by atoms with Crippen LogP contribution in [0.1, 0.15) is 18.2 Å². The summed E-state index contributed by atoms with van der Waals surface area (Å²) in [4.78, 5) is 56.6. The summed E-state index contributed by atoms with van der Waals surface area (Å²) in [6.07, 6.45) is 0. The number of rotatable bonds is 5. The number of carbonyl (C=O) groups is 2. The van der Waals surface area contributed by atoms with E-state index in [1.54, 1.807) is 48.5 Å². The molecule has 0 spiro atoms. The van der Waals surface area contributed by atoms with Gasteiger partial charge in [-0.05, 0) is 44.2 Å². The zero-order chi connectivity index (χ0) is 24.7. The number of thiazole rings is 1. The molecule has 1 aliphatic rings. The molecule has 0 atom stereocenters. The van der Waals surface area contributed by atoms with E-state index in [0.717, 1.165) is 15.9 Å². The molecule has 1 N–H and O–H groups in total. The van der Waals surface area contributed by atoms with Crippen molar-refractivity contribution >= 4 is 45.1 Å². The number of ether oxygens (including phenoxy) is 1. The molecule has 4 aromatic rings. The number of anilines is 2. The van der Waals surface area contributed by atoms with Gasteiger partial charge < -0.3 is 10.1 Å². The first-order valence-electron chi connectivity index (χ1n) is 10.8. The Morgan fingerprint density at radius 2 is 1.83 bits per heavy atom. The zero-order valence-corrected chi connectivity index (χ0v) is 19.6. The highest BCUT2D eigenvalue weighted by molar-refractivity contribution is 7.15. The van der Waals surface area contributed by atoms with Crippen LogP contribution in [0.25, 0.3) is 10.5 Å². The number of hydrogen-bond acceptors (Lipinski definition) is 8. The number of nitrogens with zero attached hydrogens (tertiary/aromatic N) is 4. The Morgan fingerprint density at radius 1 is 1.09 bits per heavy atom. The molecule has 1 aliphatic heterocycles. The minimum absolute atomic E-state index is 0.0830. The lowest BCUT2D eigenvalue weighted by atomic mass is 10.1. The molecular weight excluding hydrogens is 470 g/mol. The number of fused-ring (bicyclic) bond motifs is 2. The largest absolute Gasteiger partial charge is 0.494 e. The topological polar surface area (TPSA) is 123 Å². The molecule has 2 aromatic heterocycles. The molecule has 10 nitrogen and oxygen atoms in total. The average molecular weight is 490 g/mol. The third-order valence-electron chi connectivity index (χ3n) is 5.42. The van der Waals surface area contributed by atoms with E-state index in [-0.39, 0.29) is 27.3 Å². The normalized spacial score (nSPS) is 14.3. The Bertz CT molecular complexity index is 1660. The van der Waals surface area contributed by atoms with Gasteiger partial charge in [0.1, 0.15) is 22.5 Å². The molecular formula is C24H19N5O5S. The number of aromatic nitrogens is 3. The van der Waals surface area contributed by atoms with Crippen molar-refractivity contribution in [3.63, 3.8) is 0 Å². The monoisotopic (exact) mass is 489 g/mol. The van der Waals surface area contributed by atoms with E-state index in [1.807, 2.05) is 6.92 Å². The summed E-state index contributed by atoms with van der Waals surface area (Å²) in [6, 6.07) is 13.8. The van der Waals surface area contributed by atoms with Gasteiger partial charge in [-0.15, -0.1) is 0 Å². The Balaban J connectivity index is 1.51. The number of amides is 2. The van der Waals surface area contributed by atoms with Crippen LogP contribution in [0.5, 0.6) is 5.75 Å². The molecule has 176 valence electrons. The van der Waals surface area contributed by atoms with Crippen LogP contribution in [0, 0.1) is 6.92 Å². The summed E-state index contributed by atoms with van der Waals surface area (Å²) in [6.45, 7) is 3.63. The van der Waals surface area contributed by atoms with Crippen LogP contribution in [-0.2, 0) is 9.59 Å². The van der Waals surface area contributed by atoms with E-state index in [9.17, 15) is 19.2 Å². The molecule has 0 unspecified atom stereocenters. The van der Waals surface area contributed by atoms with Crippen LogP contribution < -0.4 is 30.6 Å². The molecule has 5 rings (SSSR count). The van der Waals surface area contributed by atoms with E-state index >= 15 is 0 Å². The SMILES string of the molecule is CCOc1ccc(NC(=O)CN2C(=O)C(=c3sc4nc(=O)c(C)nn4c3=O)c3ccccc32)cc1. The highest BCUT2D eigenvalue weighted by atomic mass is 32.1. The first-order valence-corrected chi connectivity index (χ1v) is 11.6. The fraction of sp³-hybridized carbons (Fsp3) is 0.167. The second-order valence-electron chi connectivity index (χ2n) is 7.72. The lowest BCUT2D eigenvalue weighted by Crippen LogP contribution is -2.37. The van der Waals surface area contributed by atoms with Crippen LogP contribution in [0.4, 0.5) is 11.4 Å². The van der Waals surface area contributed by atoms with Crippen LogP contribution in [-0.4, -0.2) is 39.6 Å². The fourth-order valence-corrected chi connectivity index (χ4v) is 4.83. The predicted molar refractivity (Wildman–Crippen MR) is 131 cm³/mol. The third kappa shape index (κ3) is 3.95. The molecule has 0 fully saturated rings. The quantitative estimate of drug-likeness (QED) is 0.446. The van der Waals surface area contributed by atoms with Crippen LogP contribution in [0.2, 0.25) is 0 Å². The molecule has 0 saturated heterocycles. The summed E-state index contributed by atoms with van der Waals surface area (Å²) in [5.74, 6) is -0.204. The summed E-state index contributed by atoms with van der Waals surface area (Å²) in [5, 5.41) is 6.78. The average Bonchev–Trinajstić information content (AvgIpc) is 3.29. The Labute approximate surface area is 202 Å². The van der Waals surface area contributed by atoms with Crippen molar-refractivity contribution in [3.8, 4) is 5.75 Å². The predicted octanol–water partition coefficient (Wildman–Crippen LogP) is 1.12. The lowest BCUT2D eigenvalue weighted by Gasteiger charge is -2.16. The van der Waals surface area contributed by atoms with Crippen molar-refractivity contribution in [2.75, 3.05) is 23.4 Å². The van der Waals surface area contributed by atoms with Crippen LogP contribution in [0.3, 0.4) is 0 Å². The second kappa shape index (κ2) is 8.76. The van der Waals surface area contributed by atoms with Gasteiger partial charge in [-0.3, -0.25) is 24.1 Å². The standard InChI is InChI=1S/C24H19N5O5S/c1-3-34-15-10-8-14(9-11-15)25-18(30)12-28-17-7-5-4-6-16(17)19(22(28)32)20-23(33)29-24(35-20)26-21(31)13(2)27-29/h4-11H,3,12H2,1-2H3,(H,25,30). The van der Waals surface area contributed by atoms with Gasteiger partial charge in [0.15, 0.2) is 0 Å².